The van der Waals surface area contributed by atoms with Crippen molar-refractivity contribution >= 4 is 5.91 Å². The summed E-state index contributed by atoms with van der Waals surface area (Å²) in [4.78, 5) is 14.1. The van der Waals surface area contributed by atoms with Crippen LogP contribution in [0.25, 0.3) is 0 Å². The highest BCUT2D eigenvalue weighted by Crippen LogP contribution is 2.51. The summed E-state index contributed by atoms with van der Waals surface area (Å²) in [6.07, 6.45) is 3.21. The molecule has 90 valence electrons. The third-order valence-electron chi connectivity index (χ3n) is 4.17. The fourth-order valence-electron chi connectivity index (χ4n) is 3.50. The SMILES string of the molecule is CC1CC2(C1)CN(C(=O)Cc1ccccc1)C2. The highest BCUT2D eigenvalue weighted by Gasteiger charge is 2.51. The Hall–Kier alpha value is -1.31. The lowest BCUT2D eigenvalue weighted by Crippen LogP contribution is -2.63. The molecule has 0 N–H and O–H groups in total. The molecule has 0 aromatic heterocycles. The van der Waals surface area contributed by atoms with E-state index >= 15 is 0 Å². The van der Waals surface area contributed by atoms with Gasteiger partial charge in [0.25, 0.3) is 0 Å². The second kappa shape index (κ2) is 3.86. The van der Waals surface area contributed by atoms with E-state index in [-0.39, 0.29) is 0 Å². The van der Waals surface area contributed by atoms with Crippen molar-refractivity contribution in [2.45, 2.75) is 26.2 Å². The van der Waals surface area contributed by atoms with Crippen LogP contribution in [-0.2, 0) is 11.2 Å². The van der Waals surface area contributed by atoms with Gasteiger partial charge in [0.15, 0.2) is 0 Å². The van der Waals surface area contributed by atoms with Gasteiger partial charge < -0.3 is 4.90 Å². The van der Waals surface area contributed by atoms with Crippen molar-refractivity contribution in [2.24, 2.45) is 11.3 Å². The monoisotopic (exact) mass is 229 g/mol. The number of carbonyl (C=O) groups excluding carboxylic acids is 1. The second-order valence-corrected chi connectivity index (χ2v) is 5.93. The molecular weight excluding hydrogens is 210 g/mol. The zero-order valence-electron chi connectivity index (χ0n) is 10.4. The zero-order valence-corrected chi connectivity index (χ0v) is 10.4. The smallest absolute Gasteiger partial charge is 0.227 e. The second-order valence-electron chi connectivity index (χ2n) is 5.93. The van der Waals surface area contributed by atoms with Crippen LogP contribution in [0.2, 0.25) is 0 Å². The molecule has 2 heteroatoms. The van der Waals surface area contributed by atoms with Gasteiger partial charge >= 0.3 is 0 Å². The van der Waals surface area contributed by atoms with Crippen LogP contribution in [-0.4, -0.2) is 23.9 Å². The summed E-state index contributed by atoms with van der Waals surface area (Å²) in [5, 5.41) is 0. The summed E-state index contributed by atoms with van der Waals surface area (Å²) in [6, 6.07) is 10.0. The van der Waals surface area contributed by atoms with Crippen molar-refractivity contribution < 1.29 is 4.79 Å². The first-order valence-electron chi connectivity index (χ1n) is 6.49. The van der Waals surface area contributed by atoms with E-state index in [0.717, 1.165) is 24.6 Å². The van der Waals surface area contributed by atoms with Gasteiger partial charge in [0.2, 0.25) is 5.91 Å². The van der Waals surface area contributed by atoms with Gasteiger partial charge in [-0.15, -0.1) is 0 Å². The Bertz CT molecular complexity index is 412. The van der Waals surface area contributed by atoms with E-state index in [4.69, 9.17) is 0 Å². The van der Waals surface area contributed by atoms with Crippen molar-refractivity contribution in [3.63, 3.8) is 0 Å². The molecule has 0 unspecified atom stereocenters. The number of likely N-dealkylation sites (tertiary alicyclic amines) is 1. The molecule has 3 rings (SSSR count). The molecule has 1 amide bonds. The van der Waals surface area contributed by atoms with Gasteiger partial charge in [-0.05, 0) is 24.3 Å². The first-order chi connectivity index (χ1) is 8.17. The van der Waals surface area contributed by atoms with Gasteiger partial charge in [-0.3, -0.25) is 4.79 Å². The number of nitrogens with zero attached hydrogens (tertiary/aromatic N) is 1. The highest BCUT2D eigenvalue weighted by atomic mass is 16.2. The average molecular weight is 229 g/mol. The van der Waals surface area contributed by atoms with Gasteiger partial charge in [0.05, 0.1) is 6.42 Å². The Morgan fingerprint density at radius 1 is 1.29 bits per heavy atom. The largest absolute Gasteiger partial charge is 0.341 e. The Morgan fingerprint density at radius 2 is 1.94 bits per heavy atom. The van der Waals surface area contributed by atoms with E-state index < -0.39 is 0 Å². The minimum atomic E-state index is 0.293. The lowest BCUT2D eigenvalue weighted by Gasteiger charge is -2.58. The first-order valence-corrected chi connectivity index (χ1v) is 6.49. The molecule has 1 aliphatic carbocycles. The molecule has 1 saturated heterocycles. The van der Waals surface area contributed by atoms with Crippen molar-refractivity contribution in [1.82, 2.24) is 4.90 Å². The molecule has 2 aliphatic rings. The van der Waals surface area contributed by atoms with E-state index in [1.807, 2.05) is 35.2 Å². The first kappa shape index (κ1) is 10.8. The maximum atomic E-state index is 12.0. The molecule has 1 spiro atoms. The number of benzene rings is 1. The highest BCUT2D eigenvalue weighted by molar-refractivity contribution is 5.79. The number of amides is 1. The van der Waals surface area contributed by atoms with E-state index in [1.165, 1.54) is 12.8 Å². The third kappa shape index (κ3) is 1.97. The molecular formula is C15H19NO. The summed E-state index contributed by atoms with van der Waals surface area (Å²) in [5.74, 6) is 1.17. The zero-order chi connectivity index (χ0) is 11.9. The van der Waals surface area contributed by atoms with Crippen LogP contribution >= 0.6 is 0 Å². The summed E-state index contributed by atoms with van der Waals surface area (Å²) < 4.78 is 0. The molecule has 1 aromatic rings. The van der Waals surface area contributed by atoms with E-state index in [0.29, 0.717) is 17.7 Å². The van der Waals surface area contributed by atoms with Crippen molar-refractivity contribution in [2.75, 3.05) is 13.1 Å². The van der Waals surface area contributed by atoms with Gasteiger partial charge in [-0.25, -0.2) is 0 Å². The molecule has 1 aromatic carbocycles. The van der Waals surface area contributed by atoms with Crippen molar-refractivity contribution in [3.8, 4) is 0 Å². The fraction of sp³-hybridized carbons (Fsp3) is 0.533. The van der Waals surface area contributed by atoms with Crippen LogP contribution in [0.1, 0.15) is 25.3 Å². The number of hydrogen-bond donors (Lipinski definition) is 0. The summed E-state index contributed by atoms with van der Waals surface area (Å²) in [6.45, 7) is 4.31. The lowest BCUT2D eigenvalue weighted by atomic mass is 9.58. The van der Waals surface area contributed by atoms with Gasteiger partial charge in [0, 0.05) is 18.5 Å². The van der Waals surface area contributed by atoms with Gasteiger partial charge in [-0.2, -0.15) is 0 Å². The van der Waals surface area contributed by atoms with Gasteiger partial charge in [0.1, 0.15) is 0 Å². The summed E-state index contributed by atoms with van der Waals surface area (Å²) in [7, 11) is 0. The van der Waals surface area contributed by atoms with E-state index in [9.17, 15) is 4.79 Å². The van der Waals surface area contributed by atoms with Crippen LogP contribution in [0.3, 0.4) is 0 Å². The molecule has 1 saturated carbocycles. The van der Waals surface area contributed by atoms with E-state index in [2.05, 4.69) is 6.92 Å². The molecule has 0 bridgehead atoms. The molecule has 2 fully saturated rings. The number of hydrogen-bond acceptors (Lipinski definition) is 1. The number of rotatable bonds is 2. The van der Waals surface area contributed by atoms with Crippen LogP contribution in [0.5, 0.6) is 0 Å². The van der Waals surface area contributed by atoms with Crippen molar-refractivity contribution in [3.05, 3.63) is 35.9 Å². The van der Waals surface area contributed by atoms with Crippen LogP contribution in [0.4, 0.5) is 0 Å². The predicted octanol–water partition coefficient (Wildman–Crippen LogP) is 2.49. The Morgan fingerprint density at radius 3 is 2.53 bits per heavy atom. The molecule has 17 heavy (non-hydrogen) atoms. The maximum Gasteiger partial charge on any atom is 0.227 e. The Kier molecular flexibility index (Phi) is 2.46. The summed E-state index contributed by atoms with van der Waals surface area (Å²) >= 11 is 0. The predicted molar refractivity (Wildman–Crippen MR) is 67.6 cm³/mol. The minimum Gasteiger partial charge on any atom is -0.341 e. The maximum absolute atomic E-state index is 12.0. The topological polar surface area (TPSA) is 20.3 Å². The normalized spacial score (nSPS) is 22.1. The lowest BCUT2D eigenvalue weighted by molar-refractivity contribution is -0.153. The van der Waals surface area contributed by atoms with Crippen LogP contribution in [0.15, 0.2) is 30.3 Å². The fourth-order valence-corrected chi connectivity index (χ4v) is 3.50. The van der Waals surface area contributed by atoms with E-state index in [1.54, 1.807) is 0 Å². The summed E-state index contributed by atoms with van der Waals surface area (Å²) in [5.41, 5.74) is 1.65. The van der Waals surface area contributed by atoms with Crippen LogP contribution in [0, 0.1) is 11.3 Å². The Balaban J connectivity index is 1.52. The quantitative estimate of drug-likeness (QED) is 0.763. The average Bonchev–Trinajstić information content (AvgIpc) is 2.22. The third-order valence-corrected chi connectivity index (χ3v) is 4.17. The molecule has 1 aliphatic heterocycles. The minimum absolute atomic E-state index is 0.293. The number of carbonyl (C=O) groups is 1. The molecule has 2 nitrogen and oxygen atoms in total. The van der Waals surface area contributed by atoms with Crippen LogP contribution < -0.4 is 0 Å². The van der Waals surface area contributed by atoms with Crippen molar-refractivity contribution in [1.29, 1.82) is 0 Å². The standard InChI is InChI=1S/C15H19NO/c1-12-8-15(9-12)10-16(11-15)14(17)7-13-5-3-2-4-6-13/h2-6,12H,7-11H2,1H3. The van der Waals surface area contributed by atoms with Gasteiger partial charge in [-0.1, -0.05) is 37.3 Å². The molecule has 1 heterocycles. The molecule has 0 atom stereocenters. The molecule has 0 radical (unpaired) electrons. The Labute approximate surface area is 103 Å².